The minimum Gasteiger partial charge on any atom is -0.504 e. The van der Waals surface area contributed by atoms with Gasteiger partial charge in [-0.05, 0) is 39.0 Å². The average Bonchev–Trinajstić information content (AvgIpc) is 2.50. The smallest absolute Gasteiger partial charge is 0.316 e. The topological polar surface area (TPSA) is 55.8 Å². The quantitative estimate of drug-likeness (QED) is 0.847. The summed E-state index contributed by atoms with van der Waals surface area (Å²) < 4.78 is 10.9. The minimum absolute atomic E-state index is 0.0151. The highest BCUT2D eigenvalue weighted by Crippen LogP contribution is 2.41. The molecule has 2 rings (SSSR count). The van der Waals surface area contributed by atoms with Crippen molar-refractivity contribution in [2.45, 2.75) is 26.2 Å². The van der Waals surface area contributed by atoms with E-state index in [2.05, 4.69) is 0 Å². The van der Waals surface area contributed by atoms with Gasteiger partial charge < -0.3 is 14.6 Å². The number of carbonyl (C=O) groups excluding carboxylic acids is 1. The molecule has 0 saturated heterocycles. The van der Waals surface area contributed by atoms with E-state index in [9.17, 15) is 9.90 Å². The van der Waals surface area contributed by atoms with Crippen LogP contribution < -0.4 is 4.74 Å². The Hall–Kier alpha value is -2.49. The van der Waals surface area contributed by atoms with Gasteiger partial charge in [0, 0.05) is 5.56 Å². The monoisotopic (exact) mass is 300 g/mol. The summed E-state index contributed by atoms with van der Waals surface area (Å²) in [5, 5.41) is 10.2. The molecule has 0 fully saturated rings. The Balaban J connectivity index is 2.44. The van der Waals surface area contributed by atoms with Gasteiger partial charge in [0.15, 0.2) is 11.5 Å². The average molecular weight is 300 g/mol. The molecule has 0 atom stereocenters. The molecule has 4 heteroatoms. The Morgan fingerprint density at radius 3 is 2.41 bits per heavy atom. The molecule has 0 spiro atoms. The van der Waals surface area contributed by atoms with Crippen molar-refractivity contribution in [2.75, 3.05) is 6.61 Å². The van der Waals surface area contributed by atoms with Crippen molar-refractivity contribution in [1.82, 2.24) is 0 Å². The number of phenolic OH excluding ortho intramolecular Hbond substituents is 1. The normalized spacial score (nSPS) is 11.0. The van der Waals surface area contributed by atoms with Crippen molar-refractivity contribution in [1.29, 1.82) is 0 Å². The van der Waals surface area contributed by atoms with E-state index in [1.54, 1.807) is 45.0 Å². The van der Waals surface area contributed by atoms with Crippen molar-refractivity contribution in [2.24, 2.45) is 0 Å². The van der Waals surface area contributed by atoms with E-state index < -0.39 is 5.41 Å². The zero-order chi connectivity index (χ0) is 16.2. The van der Waals surface area contributed by atoms with Crippen LogP contribution in [-0.4, -0.2) is 17.7 Å². The van der Waals surface area contributed by atoms with Crippen LogP contribution in [-0.2, 0) is 14.9 Å². The number of para-hydroxylation sites is 2. The first-order valence-electron chi connectivity index (χ1n) is 7.19. The van der Waals surface area contributed by atoms with Gasteiger partial charge in [-0.25, -0.2) is 0 Å². The zero-order valence-corrected chi connectivity index (χ0v) is 13.0. The van der Waals surface area contributed by atoms with Gasteiger partial charge >= 0.3 is 5.97 Å². The predicted octanol–water partition coefficient (Wildman–Crippen LogP) is 4.03. The third kappa shape index (κ3) is 3.22. The third-order valence-electron chi connectivity index (χ3n) is 3.42. The summed E-state index contributed by atoms with van der Waals surface area (Å²) in [6.07, 6.45) is 0. The van der Waals surface area contributed by atoms with E-state index >= 15 is 0 Å². The lowest BCUT2D eigenvalue weighted by Gasteiger charge is -2.25. The summed E-state index contributed by atoms with van der Waals surface area (Å²) in [6.45, 7) is 5.56. The Kier molecular flexibility index (Phi) is 4.71. The van der Waals surface area contributed by atoms with Gasteiger partial charge in [0.1, 0.15) is 5.75 Å². The van der Waals surface area contributed by atoms with Crippen LogP contribution in [0.25, 0.3) is 0 Å². The third-order valence-corrected chi connectivity index (χ3v) is 3.42. The Labute approximate surface area is 130 Å². The summed E-state index contributed by atoms with van der Waals surface area (Å²) >= 11 is 0. The second-order valence-electron chi connectivity index (χ2n) is 5.41. The first kappa shape index (κ1) is 15.9. The summed E-state index contributed by atoms with van der Waals surface area (Å²) in [4.78, 5) is 12.2. The van der Waals surface area contributed by atoms with E-state index in [-0.39, 0.29) is 17.5 Å². The van der Waals surface area contributed by atoms with Crippen LogP contribution in [0.3, 0.4) is 0 Å². The highest BCUT2D eigenvalue weighted by atomic mass is 16.5. The molecule has 0 bridgehead atoms. The fourth-order valence-corrected chi connectivity index (χ4v) is 2.15. The Morgan fingerprint density at radius 1 is 1.09 bits per heavy atom. The SMILES string of the molecule is CCOC(=O)C(C)(C)c1cccc(O)c1Oc1ccccc1. The number of benzene rings is 2. The molecule has 116 valence electrons. The standard InChI is InChI=1S/C18H20O4/c1-4-21-17(20)18(2,3)14-11-8-12-15(19)16(14)22-13-9-6-5-7-10-13/h5-12,19H,4H2,1-3H3. The van der Waals surface area contributed by atoms with Crippen LogP contribution in [0, 0.1) is 0 Å². The molecule has 4 nitrogen and oxygen atoms in total. The number of aromatic hydroxyl groups is 1. The summed E-state index contributed by atoms with van der Waals surface area (Å²) in [5.74, 6) is 0.480. The van der Waals surface area contributed by atoms with Crippen LogP contribution in [0.2, 0.25) is 0 Å². The second-order valence-corrected chi connectivity index (χ2v) is 5.41. The molecule has 0 heterocycles. The summed E-state index contributed by atoms with van der Waals surface area (Å²) in [7, 11) is 0. The molecule has 1 N–H and O–H groups in total. The molecular weight excluding hydrogens is 280 g/mol. The molecule has 0 amide bonds. The van der Waals surface area contributed by atoms with Crippen molar-refractivity contribution < 1.29 is 19.4 Å². The predicted molar refractivity (Wildman–Crippen MR) is 84.3 cm³/mol. The largest absolute Gasteiger partial charge is 0.504 e. The number of hydrogen-bond donors (Lipinski definition) is 1. The van der Waals surface area contributed by atoms with Crippen molar-refractivity contribution in [3.05, 3.63) is 54.1 Å². The van der Waals surface area contributed by atoms with Gasteiger partial charge in [-0.2, -0.15) is 0 Å². The molecule has 0 unspecified atom stereocenters. The number of rotatable bonds is 5. The summed E-state index contributed by atoms with van der Waals surface area (Å²) in [6, 6.07) is 14.1. The lowest BCUT2D eigenvalue weighted by molar-refractivity contribution is -0.148. The van der Waals surface area contributed by atoms with E-state index in [1.807, 2.05) is 18.2 Å². The fourth-order valence-electron chi connectivity index (χ4n) is 2.15. The maximum absolute atomic E-state index is 12.2. The van der Waals surface area contributed by atoms with E-state index in [1.165, 1.54) is 6.07 Å². The fraction of sp³-hybridized carbons (Fsp3) is 0.278. The highest BCUT2D eigenvalue weighted by molar-refractivity contribution is 5.83. The van der Waals surface area contributed by atoms with Crippen molar-refractivity contribution in [3.8, 4) is 17.2 Å². The lowest BCUT2D eigenvalue weighted by Crippen LogP contribution is -2.31. The van der Waals surface area contributed by atoms with Gasteiger partial charge in [0.05, 0.1) is 12.0 Å². The second kappa shape index (κ2) is 6.52. The zero-order valence-electron chi connectivity index (χ0n) is 13.0. The highest BCUT2D eigenvalue weighted by Gasteiger charge is 2.35. The lowest BCUT2D eigenvalue weighted by atomic mass is 9.84. The molecule has 0 saturated carbocycles. The van der Waals surface area contributed by atoms with Gasteiger partial charge in [-0.3, -0.25) is 4.79 Å². The number of esters is 1. The first-order chi connectivity index (χ1) is 10.5. The molecule has 0 aliphatic carbocycles. The number of hydrogen-bond acceptors (Lipinski definition) is 4. The summed E-state index contributed by atoms with van der Waals surface area (Å²) in [5.41, 5.74) is -0.353. The van der Waals surface area contributed by atoms with Gasteiger partial charge in [0.25, 0.3) is 0 Å². The van der Waals surface area contributed by atoms with Gasteiger partial charge in [-0.15, -0.1) is 0 Å². The molecular formula is C18H20O4. The maximum atomic E-state index is 12.2. The van der Waals surface area contributed by atoms with Crippen molar-refractivity contribution in [3.63, 3.8) is 0 Å². The van der Waals surface area contributed by atoms with E-state index in [4.69, 9.17) is 9.47 Å². The van der Waals surface area contributed by atoms with Gasteiger partial charge in [0.2, 0.25) is 0 Å². The number of carbonyl (C=O) groups is 1. The van der Waals surface area contributed by atoms with Crippen LogP contribution in [0.5, 0.6) is 17.2 Å². The molecule has 0 aliphatic heterocycles. The maximum Gasteiger partial charge on any atom is 0.316 e. The van der Waals surface area contributed by atoms with Crippen molar-refractivity contribution >= 4 is 5.97 Å². The van der Waals surface area contributed by atoms with Crippen LogP contribution in [0.4, 0.5) is 0 Å². The van der Waals surface area contributed by atoms with Crippen LogP contribution in [0.1, 0.15) is 26.3 Å². The van der Waals surface area contributed by atoms with Gasteiger partial charge in [-0.1, -0.05) is 30.3 Å². The van der Waals surface area contributed by atoms with Crippen LogP contribution in [0.15, 0.2) is 48.5 Å². The van der Waals surface area contributed by atoms with Crippen LogP contribution >= 0.6 is 0 Å². The van der Waals surface area contributed by atoms with E-state index in [0.29, 0.717) is 17.9 Å². The number of phenols is 1. The molecule has 0 radical (unpaired) electrons. The molecule has 22 heavy (non-hydrogen) atoms. The molecule has 2 aromatic rings. The van der Waals surface area contributed by atoms with E-state index in [0.717, 1.165) is 0 Å². The first-order valence-corrected chi connectivity index (χ1v) is 7.19. The Morgan fingerprint density at radius 2 is 1.77 bits per heavy atom. The number of ether oxygens (including phenoxy) is 2. The molecule has 0 aliphatic rings. The Bertz CT molecular complexity index is 647. The minimum atomic E-state index is -0.932. The molecule has 0 aromatic heterocycles. The molecule has 2 aromatic carbocycles.